The molecular weight excluding hydrogens is 396 g/mol. The molecule has 1 fully saturated rings. The smallest absolute Gasteiger partial charge is 0.303 e. The Kier molecular flexibility index (Phi) is 9.94. The first-order chi connectivity index (χ1) is 13.9. The van der Waals surface area contributed by atoms with E-state index in [1.165, 1.54) is 0 Å². The molecule has 6 nitrogen and oxygen atoms in total. The van der Waals surface area contributed by atoms with Gasteiger partial charge in [-0.05, 0) is 37.0 Å². The Morgan fingerprint density at radius 3 is 2.69 bits per heavy atom. The van der Waals surface area contributed by atoms with Gasteiger partial charge in [-0.2, -0.15) is 0 Å². The first-order valence-corrected chi connectivity index (χ1v) is 10.6. The molecular formula is C22H31ClO6. The van der Waals surface area contributed by atoms with Crippen LogP contribution in [0.2, 0.25) is 5.02 Å². The Morgan fingerprint density at radius 1 is 1.21 bits per heavy atom. The molecule has 2 rings (SSSR count). The third-order valence-electron chi connectivity index (χ3n) is 5.37. The Morgan fingerprint density at radius 2 is 1.97 bits per heavy atom. The van der Waals surface area contributed by atoms with Crippen molar-refractivity contribution in [1.29, 1.82) is 0 Å². The second-order valence-corrected chi connectivity index (χ2v) is 8.12. The summed E-state index contributed by atoms with van der Waals surface area (Å²) in [6, 6.07) is 6.93. The van der Waals surface area contributed by atoms with Gasteiger partial charge in [0.2, 0.25) is 0 Å². The van der Waals surface area contributed by atoms with Crippen LogP contribution in [-0.4, -0.2) is 51.3 Å². The van der Waals surface area contributed by atoms with Crippen molar-refractivity contribution in [3.63, 3.8) is 0 Å². The van der Waals surface area contributed by atoms with E-state index in [9.17, 15) is 20.1 Å². The SMILES string of the molecule is O=C(O)CCCCCC[C@@H]1[C@@H](C=C[C@H](O)COc2cccc(Cl)c2)[C@H](O)C[C@@H]1O. The molecule has 0 radical (unpaired) electrons. The number of aliphatic carboxylic acids is 1. The zero-order chi connectivity index (χ0) is 21.2. The number of ether oxygens (including phenoxy) is 1. The summed E-state index contributed by atoms with van der Waals surface area (Å²) in [7, 11) is 0. The molecule has 0 spiro atoms. The number of aliphatic hydroxyl groups is 3. The highest BCUT2D eigenvalue weighted by molar-refractivity contribution is 6.30. The van der Waals surface area contributed by atoms with Crippen molar-refractivity contribution in [3.8, 4) is 5.75 Å². The van der Waals surface area contributed by atoms with Gasteiger partial charge in [-0.3, -0.25) is 4.79 Å². The van der Waals surface area contributed by atoms with Crippen molar-refractivity contribution >= 4 is 17.6 Å². The molecule has 0 aromatic heterocycles. The molecule has 1 aliphatic rings. The molecule has 1 aromatic carbocycles. The van der Waals surface area contributed by atoms with E-state index in [0.717, 1.165) is 25.7 Å². The average molecular weight is 427 g/mol. The lowest BCUT2D eigenvalue weighted by Gasteiger charge is -2.21. The van der Waals surface area contributed by atoms with E-state index in [1.54, 1.807) is 36.4 Å². The molecule has 0 unspecified atom stereocenters. The lowest BCUT2D eigenvalue weighted by atomic mass is 9.88. The van der Waals surface area contributed by atoms with Crippen molar-refractivity contribution in [2.45, 2.75) is 63.3 Å². The number of hydrogen-bond acceptors (Lipinski definition) is 5. The standard InChI is InChI=1S/C22H31ClO6/c23-15-6-5-7-17(12-15)29-14-16(24)10-11-19-18(20(25)13-21(19)26)8-3-1-2-4-9-22(27)28/h5-7,10-12,16,18-21,24-26H,1-4,8-9,13-14H2,(H,27,28)/t16-,18+,19+,20-,21+/m0/s1. The molecule has 0 heterocycles. The number of carbonyl (C=O) groups is 1. The fourth-order valence-corrected chi connectivity index (χ4v) is 4.02. The van der Waals surface area contributed by atoms with Gasteiger partial charge in [-0.25, -0.2) is 0 Å². The molecule has 1 saturated carbocycles. The highest BCUT2D eigenvalue weighted by Crippen LogP contribution is 2.37. The largest absolute Gasteiger partial charge is 0.491 e. The quantitative estimate of drug-likeness (QED) is 0.301. The number of carboxylic acids is 1. The maximum absolute atomic E-state index is 10.5. The van der Waals surface area contributed by atoms with Crippen molar-refractivity contribution in [2.75, 3.05) is 6.61 Å². The molecule has 5 atom stereocenters. The van der Waals surface area contributed by atoms with Crippen molar-refractivity contribution in [3.05, 3.63) is 41.4 Å². The monoisotopic (exact) mass is 426 g/mol. The van der Waals surface area contributed by atoms with Gasteiger partial charge < -0.3 is 25.2 Å². The Hall–Kier alpha value is -1.60. The predicted octanol–water partition coefficient (Wildman–Crippen LogP) is 3.42. The molecule has 1 aromatic rings. The van der Waals surface area contributed by atoms with E-state index < -0.39 is 24.3 Å². The Bertz CT molecular complexity index is 664. The summed E-state index contributed by atoms with van der Waals surface area (Å²) in [5.41, 5.74) is 0. The average Bonchev–Trinajstić information content (AvgIpc) is 2.93. The lowest BCUT2D eigenvalue weighted by Crippen LogP contribution is -2.22. The van der Waals surface area contributed by atoms with Crippen LogP contribution in [0.4, 0.5) is 0 Å². The van der Waals surface area contributed by atoms with E-state index in [-0.39, 0.29) is 24.9 Å². The molecule has 162 valence electrons. The summed E-state index contributed by atoms with van der Waals surface area (Å²) in [4.78, 5) is 10.5. The van der Waals surface area contributed by atoms with Crippen LogP contribution < -0.4 is 4.74 Å². The second-order valence-electron chi connectivity index (χ2n) is 7.68. The van der Waals surface area contributed by atoms with Crippen LogP contribution in [0.25, 0.3) is 0 Å². The van der Waals surface area contributed by atoms with Gasteiger partial charge in [0.15, 0.2) is 0 Å². The van der Waals surface area contributed by atoms with Crippen molar-refractivity contribution in [1.82, 2.24) is 0 Å². The Labute approximate surface area is 176 Å². The first kappa shape index (κ1) is 23.7. The topological polar surface area (TPSA) is 107 Å². The number of aliphatic hydroxyl groups excluding tert-OH is 3. The number of carboxylic acid groups (broad SMARTS) is 1. The van der Waals surface area contributed by atoms with Crippen LogP contribution in [0.3, 0.4) is 0 Å². The summed E-state index contributed by atoms with van der Waals surface area (Å²) in [5.74, 6) is -0.490. The normalized spacial score (nSPS) is 25.4. The molecule has 0 aliphatic heterocycles. The van der Waals surface area contributed by atoms with Gasteiger partial charge in [0, 0.05) is 23.8 Å². The fraction of sp³-hybridized carbons (Fsp3) is 0.591. The summed E-state index contributed by atoms with van der Waals surface area (Å²) in [5, 5.41) is 39.9. The molecule has 4 N–H and O–H groups in total. The number of benzene rings is 1. The van der Waals surface area contributed by atoms with Crippen LogP contribution >= 0.6 is 11.6 Å². The highest BCUT2D eigenvalue weighted by Gasteiger charge is 2.39. The summed E-state index contributed by atoms with van der Waals surface area (Å²) in [6.45, 7) is 0.0659. The van der Waals surface area contributed by atoms with E-state index in [0.29, 0.717) is 23.6 Å². The molecule has 29 heavy (non-hydrogen) atoms. The summed E-state index contributed by atoms with van der Waals surface area (Å²) >= 11 is 5.90. The number of unbranched alkanes of at least 4 members (excludes halogenated alkanes) is 3. The molecule has 0 bridgehead atoms. The number of hydrogen-bond donors (Lipinski definition) is 4. The van der Waals surface area contributed by atoms with E-state index in [1.807, 2.05) is 0 Å². The third-order valence-corrected chi connectivity index (χ3v) is 5.60. The minimum atomic E-state index is -0.837. The second kappa shape index (κ2) is 12.2. The van der Waals surface area contributed by atoms with Crippen LogP contribution in [0.15, 0.2) is 36.4 Å². The van der Waals surface area contributed by atoms with E-state index in [2.05, 4.69) is 0 Å². The molecule has 0 saturated heterocycles. The van der Waals surface area contributed by atoms with E-state index >= 15 is 0 Å². The summed E-state index contributed by atoms with van der Waals surface area (Å²) < 4.78 is 5.52. The number of halogens is 1. The third kappa shape index (κ3) is 8.34. The highest BCUT2D eigenvalue weighted by atomic mass is 35.5. The maximum atomic E-state index is 10.5. The zero-order valence-corrected chi connectivity index (χ0v) is 17.2. The van der Waals surface area contributed by atoms with Gasteiger partial charge in [0.05, 0.1) is 12.2 Å². The van der Waals surface area contributed by atoms with Gasteiger partial charge in [0.1, 0.15) is 18.5 Å². The molecule has 1 aliphatic carbocycles. The zero-order valence-electron chi connectivity index (χ0n) is 16.5. The molecule has 0 amide bonds. The van der Waals surface area contributed by atoms with Crippen molar-refractivity contribution in [2.24, 2.45) is 11.8 Å². The van der Waals surface area contributed by atoms with Gasteiger partial charge in [-0.15, -0.1) is 0 Å². The predicted molar refractivity (Wildman–Crippen MR) is 111 cm³/mol. The minimum absolute atomic E-state index is 0.0659. The summed E-state index contributed by atoms with van der Waals surface area (Å²) in [6.07, 6.45) is 5.89. The first-order valence-electron chi connectivity index (χ1n) is 10.2. The van der Waals surface area contributed by atoms with Crippen LogP contribution in [0, 0.1) is 11.8 Å². The van der Waals surface area contributed by atoms with Crippen LogP contribution in [-0.2, 0) is 4.79 Å². The minimum Gasteiger partial charge on any atom is -0.491 e. The molecule has 7 heteroatoms. The van der Waals surface area contributed by atoms with Gasteiger partial charge in [0.25, 0.3) is 0 Å². The Balaban J connectivity index is 1.78. The van der Waals surface area contributed by atoms with Crippen LogP contribution in [0.5, 0.6) is 5.75 Å². The van der Waals surface area contributed by atoms with Crippen LogP contribution in [0.1, 0.15) is 44.9 Å². The lowest BCUT2D eigenvalue weighted by molar-refractivity contribution is -0.137. The fourth-order valence-electron chi connectivity index (χ4n) is 3.84. The van der Waals surface area contributed by atoms with Gasteiger partial charge in [-0.1, -0.05) is 49.1 Å². The number of rotatable bonds is 12. The van der Waals surface area contributed by atoms with Gasteiger partial charge >= 0.3 is 5.97 Å². The maximum Gasteiger partial charge on any atom is 0.303 e. The van der Waals surface area contributed by atoms with Crippen molar-refractivity contribution < 1.29 is 30.0 Å². The van der Waals surface area contributed by atoms with E-state index in [4.69, 9.17) is 21.4 Å².